The molecule has 0 saturated carbocycles. The second kappa shape index (κ2) is 6.19. The lowest BCUT2D eigenvalue weighted by Crippen LogP contribution is -2.46. The number of rotatable bonds is 2. The van der Waals surface area contributed by atoms with Crippen LogP contribution in [0.1, 0.15) is 32.6 Å². The number of hydrogen-bond donors (Lipinski definition) is 2. The predicted octanol–water partition coefficient (Wildman–Crippen LogP) is 2.66. The summed E-state index contributed by atoms with van der Waals surface area (Å²) in [6.07, 6.45) is -3.57. The van der Waals surface area contributed by atoms with E-state index in [-0.39, 0.29) is 23.5 Å². The van der Waals surface area contributed by atoms with Crippen LogP contribution in [-0.4, -0.2) is 22.9 Å². The fourth-order valence-corrected chi connectivity index (χ4v) is 2.94. The van der Waals surface area contributed by atoms with Crippen molar-refractivity contribution in [1.29, 1.82) is 0 Å². The number of hydrogen-bond acceptors (Lipinski definition) is 3. The number of amides is 2. The molecule has 25 heavy (non-hydrogen) atoms. The number of alkyl halides is 3. The molecule has 2 aromatic rings. The summed E-state index contributed by atoms with van der Waals surface area (Å²) in [5.41, 5.74) is 5.69. The maximum atomic E-state index is 12.8. The number of aromatic nitrogens is 1. The Morgan fingerprint density at radius 1 is 1.24 bits per heavy atom. The van der Waals surface area contributed by atoms with Gasteiger partial charge in [0.1, 0.15) is 5.69 Å². The molecule has 0 spiro atoms. The van der Waals surface area contributed by atoms with E-state index < -0.39 is 29.7 Å². The Labute approximate surface area is 148 Å². The number of carbonyl (C=O) groups is 2. The van der Waals surface area contributed by atoms with E-state index in [1.165, 1.54) is 33.9 Å². The first kappa shape index (κ1) is 17.5. The number of benzene rings is 1. The average Bonchev–Trinajstić information content (AvgIpc) is 3.02. The largest absolute Gasteiger partial charge is 0.416 e. The van der Waals surface area contributed by atoms with Crippen LogP contribution in [0, 0.1) is 0 Å². The minimum Gasteiger partial charge on any atom is -0.325 e. The van der Waals surface area contributed by atoms with E-state index in [4.69, 9.17) is 5.73 Å². The number of anilines is 1. The molecular formula is C15H12BrF3N4O2. The quantitative estimate of drug-likeness (QED) is 0.738. The Morgan fingerprint density at radius 2 is 1.88 bits per heavy atom. The van der Waals surface area contributed by atoms with Crippen molar-refractivity contribution in [2.45, 2.75) is 12.3 Å². The Balaban J connectivity index is 1.99. The van der Waals surface area contributed by atoms with Gasteiger partial charge in [-0.25, -0.2) is 0 Å². The van der Waals surface area contributed by atoms with Gasteiger partial charge in [0.05, 0.1) is 23.8 Å². The smallest absolute Gasteiger partial charge is 0.325 e. The fraction of sp³-hybridized carbons (Fsp3) is 0.200. The molecule has 6 nitrogen and oxygen atoms in total. The first-order valence-corrected chi connectivity index (χ1v) is 7.90. The van der Waals surface area contributed by atoms with Crippen LogP contribution in [0.25, 0.3) is 0 Å². The standard InChI is InChI=1S/C15H12BrF3N4O2/c16-21-13(24)10-5-6-22-11(20)7-23(14(25)12(10)22)9-3-1-8(2-4-9)15(17,18)19/h1-6,11H,7,20H2,(H,21,24)/t11-/m1/s1. The van der Waals surface area contributed by atoms with E-state index in [0.29, 0.717) is 0 Å². The monoisotopic (exact) mass is 416 g/mol. The number of nitrogens with two attached hydrogens (primary N) is 1. The minimum absolute atomic E-state index is 0.0707. The summed E-state index contributed by atoms with van der Waals surface area (Å²) in [5, 5.41) is 0. The van der Waals surface area contributed by atoms with Crippen molar-refractivity contribution in [2.24, 2.45) is 5.73 Å². The highest BCUT2D eigenvalue weighted by Crippen LogP contribution is 2.32. The molecule has 0 aliphatic carbocycles. The van der Waals surface area contributed by atoms with Gasteiger partial charge in [0.2, 0.25) is 0 Å². The van der Waals surface area contributed by atoms with Crippen molar-refractivity contribution in [3.63, 3.8) is 0 Å². The molecule has 1 aliphatic rings. The summed E-state index contributed by atoms with van der Waals surface area (Å²) in [4.78, 5) is 25.9. The van der Waals surface area contributed by atoms with Crippen LogP contribution in [0.4, 0.5) is 18.9 Å². The van der Waals surface area contributed by atoms with Gasteiger partial charge in [-0.05, 0) is 30.3 Å². The van der Waals surface area contributed by atoms with E-state index in [1.54, 1.807) is 0 Å². The van der Waals surface area contributed by atoms with Crippen LogP contribution >= 0.6 is 16.1 Å². The summed E-state index contributed by atoms with van der Waals surface area (Å²) in [6, 6.07) is 5.66. The average molecular weight is 417 g/mol. The lowest BCUT2D eigenvalue weighted by atomic mass is 10.1. The van der Waals surface area contributed by atoms with Gasteiger partial charge >= 0.3 is 6.18 Å². The molecule has 2 heterocycles. The van der Waals surface area contributed by atoms with Crippen LogP contribution in [0.5, 0.6) is 0 Å². The normalized spacial score (nSPS) is 17.4. The van der Waals surface area contributed by atoms with E-state index in [2.05, 4.69) is 20.5 Å². The summed E-state index contributed by atoms with van der Waals surface area (Å²) < 4.78 is 41.8. The molecule has 1 aromatic heterocycles. The SMILES string of the molecule is N[C@H]1CN(c2ccc(C(F)(F)F)cc2)C(=O)c2c(C(=O)NBr)ccn21. The van der Waals surface area contributed by atoms with E-state index >= 15 is 0 Å². The van der Waals surface area contributed by atoms with Gasteiger partial charge in [0.25, 0.3) is 11.8 Å². The Bertz CT molecular complexity index is 832. The molecular weight excluding hydrogens is 405 g/mol. The zero-order valence-corrected chi connectivity index (χ0v) is 14.1. The molecule has 3 N–H and O–H groups in total. The molecule has 0 radical (unpaired) electrons. The van der Waals surface area contributed by atoms with Crippen molar-refractivity contribution in [2.75, 3.05) is 11.4 Å². The third-order valence-corrected chi connectivity index (χ3v) is 4.29. The van der Waals surface area contributed by atoms with Gasteiger partial charge in [-0.1, -0.05) is 0 Å². The maximum absolute atomic E-state index is 12.8. The third-order valence-electron chi connectivity index (χ3n) is 3.93. The molecule has 0 bridgehead atoms. The predicted molar refractivity (Wildman–Crippen MR) is 87.2 cm³/mol. The van der Waals surface area contributed by atoms with Crippen LogP contribution in [0.3, 0.4) is 0 Å². The fourth-order valence-electron chi connectivity index (χ4n) is 2.72. The highest BCUT2D eigenvalue weighted by molar-refractivity contribution is 9.08. The van der Waals surface area contributed by atoms with Crippen LogP contribution in [-0.2, 0) is 6.18 Å². The third kappa shape index (κ3) is 3.02. The molecule has 1 atom stereocenters. The molecule has 1 aromatic carbocycles. The summed E-state index contributed by atoms with van der Waals surface area (Å²) in [5.74, 6) is -1.04. The highest BCUT2D eigenvalue weighted by atomic mass is 79.9. The molecule has 3 rings (SSSR count). The molecule has 2 amide bonds. The second-order valence-corrected chi connectivity index (χ2v) is 5.83. The van der Waals surface area contributed by atoms with Gasteiger partial charge in [0, 0.05) is 28.0 Å². The van der Waals surface area contributed by atoms with Crippen LogP contribution < -0.4 is 15.0 Å². The zero-order chi connectivity index (χ0) is 18.4. The highest BCUT2D eigenvalue weighted by Gasteiger charge is 2.35. The van der Waals surface area contributed by atoms with Crippen molar-refractivity contribution in [3.8, 4) is 0 Å². The zero-order valence-electron chi connectivity index (χ0n) is 12.5. The Kier molecular flexibility index (Phi) is 4.33. The first-order valence-electron chi connectivity index (χ1n) is 7.10. The number of nitrogens with zero attached hydrogens (tertiary/aromatic N) is 2. The minimum atomic E-state index is -4.46. The molecule has 0 unspecified atom stereocenters. The van der Waals surface area contributed by atoms with Crippen LogP contribution in [0.15, 0.2) is 36.5 Å². The van der Waals surface area contributed by atoms with Gasteiger partial charge in [-0.2, -0.15) is 13.2 Å². The first-order chi connectivity index (χ1) is 11.7. The molecule has 10 heteroatoms. The van der Waals surface area contributed by atoms with Crippen molar-refractivity contribution in [3.05, 3.63) is 53.3 Å². The molecule has 132 valence electrons. The van der Waals surface area contributed by atoms with Crippen LogP contribution in [0.2, 0.25) is 0 Å². The van der Waals surface area contributed by atoms with Crippen molar-refractivity contribution >= 4 is 33.6 Å². The summed E-state index contributed by atoms with van der Waals surface area (Å²) in [6.45, 7) is 0.0707. The maximum Gasteiger partial charge on any atom is 0.416 e. The van der Waals surface area contributed by atoms with Crippen molar-refractivity contribution in [1.82, 2.24) is 8.91 Å². The second-order valence-electron chi connectivity index (χ2n) is 5.44. The van der Waals surface area contributed by atoms with Gasteiger partial charge < -0.3 is 15.2 Å². The summed E-state index contributed by atoms with van der Waals surface area (Å²) >= 11 is 2.81. The van der Waals surface area contributed by atoms with Gasteiger partial charge in [0.15, 0.2) is 0 Å². The topological polar surface area (TPSA) is 80.4 Å². The van der Waals surface area contributed by atoms with E-state index in [9.17, 15) is 22.8 Å². The molecule has 0 saturated heterocycles. The molecule has 0 fully saturated rings. The lowest BCUT2D eigenvalue weighted by molar-refractivity contribution is -0.137. The lowest BCUT2D eigenvalue weighted by Gasteiger charge is -2.33. The van der Waals surface area contributed by atoms with E-state index in [0.717, 1.165) is 12.1 Å². The Hall–Kier alpha value is -2.33. The Morgan fingerprint density at radius 3 is 2.44 bits per heavy atom. The number of fused-ring (bicyclic) bond motifs is 1. The number of carbonyl (C=O) groups excluding carboxylic acids is 2. The van der Waals surface area contributed by atoms with Crippen molar-refractivity contribution < 1.29 is 22.8 Å². The van der Waals surface area contributed by atoms with Gasteiger partial charge in [-0.3, -0.25) is 13.9 Å². The van der Waals surface area contributed by atoms with Gasteiger partial charge in [-0.15, -0.1) is 0 Å². The summed E-state index contributed by atoms with van der Waals surface area (Å²) in [7, 11) is 0. The number of nitrogens with one attached hydrogen (secondary N) is 1. The molecule has 1 aliphatic heterocycles. The number of halogens is 4. The van der Waals surface area contributed by atoms with E-state index in [1.807, 2.05) is 0 Å².